The minimum atomic E-state index is -0.534. The summed E-state index contributed by atoms with van der Waals surface area (Å²) in [5.41, 5.74) is 4.92. The van der Waals surface area contributed by atoms with Gasteiger partial charge in [-0.25, -0.2) is 4.79 Å². The van der Waals surface area contributed by atoms with Crippen LogP contribution in [0, 0.1) is 0 Å². The van der Waals surface area contributed by atoms with E-state index < -0.39 is 6.03 Å². The van der Waals surface area contributed by atoms with Gasteiger partial charge in [0.1, 0.15) is 6.29 Å². The Bertz CT molecular complexity index is 432. The lowest BCUT2D eigenvalue weighted by atomic mass is 10.3. The summed E-state index contributed by atoms with van der Waals surface area (Å²) in [4.78, 5) is 44.9. The number of primary amides is 1. The van der Waals surface area contributed by atoms with Crippen LogP contribution < -0.4 is 16.4 Å². The van der Waals surface area contributed by atoms with Gasteiger partial charge in [-0.1, -0.05) is 21.6 Å². The van der Waals surface area contributed by atoms with Crippen molar-refractivity contribution in [3.8, 4) is 0 Å². The zero-order chi connectivity index (χ0) is 17.5. The maximum Gasteiger partial charge on any atom is 0.312 e. The summed E-state index contributed by atoms with van der Waals surface area (Å²) in [6, 6.07) is -0.534. The summed E-state index contributed by atoms with van der Waals surface area (Å²) in [5, 5.41) is 5.24. The fourth-order valence-corrected chi connectivity index (χ4v) is 3.10. The number of aldehydes is 1. The minimum absolute atomic E-state index is 0.134. The number of carbonyl (C=O) groups is 4. The summed E-state index contributed by atoms with van der Waals surface area (Å²) < 4.78 is 0. The van der Waals surface area contributed by atoms with Crippen LogP contribution in [0.25, 0.3) is 0 Å². The van der Waals surface area contributed by atoms with Crippen molar-refractivity contribution in [1.29, 1.82) is 0 Å². The van der Waals surface area contributed by atoms with Gasteiger partial charge in [0, 0.05) is 50.7 Å². The van der Waals surface area contributed by atoms with Crippen molar-refractivity contribution in [3.05, 3.63) is 12.2 Å². The SMILES string of the molecule is CN(CCC(=O)NCCSSCCNC(N)=O)C(=O)/C=C\C=O. The molecule has 0 aromatic heterocycles. The Hall–Kier alpha value is -1.68. The molecule has 10 heteroatoms. The minimum Gasteiger partial charge on any atom is -0.355 e. The molecule has 0 aliphatic rings. The third-order valence-corrected chi connectivity index (χ3v) is 4.85. The molecule has 0 saturated carbocycles. The molecule has 0 aliphatic heterocycles. The molecular formula is C13H22N4O4S2. The molecule has 0 aliphatic carbocycles. The zero-order valence-corrected chi connectivity index (χ0v) is 14.6. The summed E-state index contributed by atoms with van der Waals surface area (Å²) >= 11 is 0. The monoisotopic (exact) mass is 362 g/mol. The van der Waals surface area contributed by atoms with Crippen LogP contribution in [0.15, 0.2) is 12.2 Å². The first-order valence-electron chi connectivity index (χ1n) is 6.88. The molecule has 0 spiro atoms. The van der Waals surface area contributed by atoms with Gasteiger partial charge in [-0.3, -0.25) is 14.4 Å². The molecule has 0 rings (SSSR count). The van der Waals surface area contributed by atoms with Gasteiger partial charge in [0.2, 0.25) is 11.8 Å². The van der Waals surface area contributed by atoms with Crippen LogP contribution >= 0.6 is 21.6 Å². The van der Waals surface area contributed by atoms with Crippen molar-refractivity contribution < 1.29 is 19.2 Å². The first-order valence-corrected chi connectivity index (χ1v) is 9.37. The highest BCUT2D eigenvalue weighted by atomic mass is 33.1. The quantitative estimate of drug-likeness (QED) is 0.191. The number of allylic oxidation sites excluding steroid dienone is 1. The van der Waals surface area contributed by atoms with Crippen molar-refractivity contribution in [2.24, 2.45) is 5.73 Å². The maximum absolute atomic E-state index is 11.6. The van der Waals surface area contributed by atoms with Crippen LogP contribution in [0.1, 0.15) is 6.42 Å². The number of hydrogen-bond acceptors (Lipinski definition) is 6. The Morgan fingerprint density at radius 1 is 1.13 bits per heavy atom. The molecule has 23 heavy (non-hydrogen) atoms. The van der Waals surface area contributed by atoms with E-state index in [4.69, 9.17) is 5.73 Å². The number of nitrogens with zero attached hydrogens (tertiary/aromatic N) is 1. The normalized spacial score (nSPS) is 10.3. The third kappa shape index (κ3) is 13.7. The molecule has 0 atom stereocenters. The second-order valence-corrected chi connectivity index (χ2v) is 6.99. The lowest BCUT2D eigenvalue weighted by Crippen LogP contribution is -2.32. The largest absolute Gasteiger partial charge is 0.355 e. The second-order valence-electron chi connectivity index (χ2n) is 4.29. The van der Waals surface area contributed by atoms with Gasteiger partial charge in [0.25, 0.3) is 0 Å². The van der Waals surface area contributed by atoms with E-state index in [0.29, 0.717) is 19.4 Å². The Morgan fingerprint density at radius 2 is 1.74 bits per heavy atom. The number of nitrogens with one attached hydrogen (secondary N) is 2. The van der Waals surface area contributed by atoms with Gasteiger partial charge in [-0.15, -0.1) is 0 Å². The second kappa shape index (κ2) is 13.9. The molecule has 0 radical (unpaired) electrons. The number of amides is 4. The topological polar surface area (TPSA) is 122 Å². The highest BCUT2D eigenvalue weighted by Gasteiger charge is 2.07. The highest BCUT2D eigenvalue weighted by molar-refractivity contribution is 8.76. The maximum atomic E-state index is 11.6. The van der Waals surface area contributed by atoms with Crippen LogP contribution in [0.5, 0.6) is 0 Å². The van der Waals surface area contributed by atoms with Gasteiger partial charge in [-0.05, 0) is 6.08 Å². The van der Waals surface area contributed by atoms with E-state index in [9.17, 15) is 19.2 Å². The van der Waals surface area contributed by atoms with Gasteiger partial charge < -0.3 is 21.3 Å². The molecule has 8 nitrogen and oxygen atoms in total. The first kappa shape index (κ1) is 21.3. The van der Waals surface area contributed by atoms with E-state index in [1.54, 1.807) is 28.6 Å². The highest BCUT2D eigenvalue weighted by Crippen LogP contribution is 2.19. The molecule has 0 aromatic rings. The Morgan fingerprint density at radius 3 is 2.30 bits per heavy atom. The van der Waals surface area contributed by atoms with Gasteiger partial charge in [0.05, 0.1) is 0 Å². The van der Waals surface area contributed by atoms with Crippen LogP contribution in [0.2, 0.25) is 0 Å². The molecule has 0 unspecified atom stereocenters. The van der Waals surface area contributed by atoms with Crippen LogP contribution in [0.4, 0.5) is 4.79 Å². The van der Waals surface area contributed by atoms with Crippen molar-refractivity contribution in [2.75, 3.05) is 38.2 Å². The predicted molar refractivity (Wildman–Crippen MR) is 93.0 cm³/mol. The smallest absolute Gasteiger partial charge is 0.312 e. The molecule has 0 heterocycles. The number of likely N-dealkylation sites (N-methyl/N-ethyl adjacent to an activating group) is 1. The molecule has 4 amide bonds. The fourth-order valence-electron chi connectivity index (χ4n) is 1.28. The molecule has 130 valence electrons. The van der Waals surface area contributed by atoms with Crippen molar-refractivity contribution >= 4 is 45.7 Å². The zero-order valence-electron chi connectivity index (χ0n) is 12.9. The Kier molecular flexibility index (Phi) is 12.9. The van der Waals surface area contributed by atoms with Gasteiger partial charge in [-0.2, -0.15) is 0 Å². The summed E-state index contributed by atoms with van der Waals surface area (Å²) in [7, 11) is 4.74. The third-order valence-electron chi connectivity index (χ3n) is 2.44. The van der Waals surface area contributed by atoms with Crippen LogP contribution in [-0.2, 0) is 14.4 Å². The molecule has 0 saturated heterocycles. The van der Waals surface area contributed by atoms with Gasteiger partial charge in [0.15, 0.2) is 0 Å². The number of urea groups is 1. The van der Waals surface area contributed by atoms with Gasteiger partial charge >= 0.3 is 6.03 Å². The summed E-state index contributed by atoms with van der Waals surface area (Å²) in [5.74, 6) is 1.03. The molecular weight excluding hydrogens is 340 g/mol. The van der Waals surface area contributed by atoms with E-state index in [1.807, 2.05) is 0 Å². The molecule has 0 fully saturated rings. The molecule has 4 N–H and O–H groups in total. The number of hydrogen-bond donors (Lipinski definition) is 3. The van der Waals surface area contributed by atoms with E-state index in [-0.39, 0.29) is 24.8 Å². The lowest BCUT2D eigenvalue weighted by molar-refractivity contribution is -0.126. The van der Waals surface area contributed by atoms with E-state index in [1.165, 1.54) is 4.90 Å². The van der Waals surface area contributed by atoms with Crippen LogP contribution in [0.3, 0.4) is 0 Å². The summed E-state index contributed by atoms with van der Waals surface area (Å²) in [6.45, 7) is 1.33. The Labute approximate surface area is 143 Å². The standard InChI is InChI=1S/C13H22N4O4S2/c1-17(12(20)3-2-8-18)7-4-11(19)15-5-9-22-23-10-6-16-13(14)21/h2-3,8H,4-7,9-10H2,1H3,(H,15,19)(H3,14,16,21)/b3-2-. The van der Waals surface area contributed by atoms with Crippen molar-refractivity contribution in [3.63, 3.8) is 0 Å². The average molecular weight is 362 g/mol. The number of rotatable bonds is 12. The fraction of sp³-hybridized carbons (Fsp3) is 0.538. The van der Waals surface area contributed by atoms with E-state index >= 15 is 0 Å². The van der Waals surface area contributed by atoms with Crippen molar-refractivity contribution in [2.45, 2.75) is 6.42 Å². The van der Waals surface area contributed by atoms with Crippen LogP contribution in [-0.4, -0.2) is 67.2 Å². The number of carbonyl (C=O) groups excluding carboxylic acids is 4. The lowest BCUT2D eigenvalue weighted by Gasteiger charge is -2.14. The molecule has 0 bridgehead atoms. The van der Waals surface area contributed by atoms with E-state index in [2.05, 4.69) is 10.6 Å². The number of nitrogens with two attached hydrogens (primary N) is 1. The summed E-state index contributed by atoms with van der Waals surface area (Å²) in [6.07, 6.45) is 3.01. The first-order chi connectivity index (χ1) is 11.0. The average Bonchev–Trinajstić information content (AvgIpc) is 2.52. The van der Waals surface area contributed by atoms with E-state index in [0.717, 1.165) is 23.7 Å². The molecule has 0 aromatic carbocycles. The Balaban J connectivity index is 3.57. The predicted octanol–water partition coefficient (Wildman–Crippen LogP) is -0.244. The van der Waals surface area contributed by atoms with Crippen molar-refractivity contribution in [1.82, 2.24) is 15.5 Å².